The Morgan fingerprint density at radius 2 is 1.53 bits per heavy atom. The van der Waals surface area contributed by atoms with Crippen LogP contribution in [-0.4, -0.2) is 105 Å². The number of rotatable bonds is 6. The third kappa shape index (κ3) is 5.26. The van der Waals surface area contributed by atoms with Gasteiger partial charge in [-0.25, -0.2) is 0 Å². The molecule has 3 aliphatic heterocycles. The van der Waals surface area contributed by atoms with Gasteiger partial charge >= 0.3 is 0 Å². The molecule has 3 aliphatic rings. The van der Waals surface area contributed by atoms with Gasteiger partial charge in [-0.1, -0.05) is 0 Å². The molecule has 3 saturated heterocycles. The number of hydrogen-bond donors (Lipinski definition) is 0. The molecule has 0 aliphatic carbocycles. The summed E-state index contributed by atoms with van der Waals surface area (Å²) in [6.07, 6.45) is 2.80. The fraction of sp³-hybridized carbons (Fsp3) is 0.560. The van der Waals surface area contributed by atoms with Crippen molar-refractivity contribution in [3.05, 3.63) is 42.0 Å². The normalized spacial score (nSPS) is 21.7. The number of amides is 1. The minimum Gasteiger partial charge on any atom is -0.497 e. The molecule has 2 aromatic rings. The number of aromatic nitrogens is 2. The highest BCUT2D eigenvalue weighted by Gasteiger charge is 2.25. The molecule has 0 spiro atoms. The Kier molecular flexibility index (Phi) is 7.10. The lowest BCUT2D eigenvalue weighted by Crippen LogP contribution is -2.49. The summed E-state index contributed by atoms with van der Waals surface area (Å²) < 4.78 is 11.0. The molecule has 1 aromatic carbocycles. The summed E-state index contributed by atoms with van der Waals surface area (Å²) in [5.41, 5.74) is 0.689. The van der Waals surface area contributed by atoms with E-state index in [9.17, 15) is 4.79 Å². The second kappa shape index (κ2) is 10.6. The number of benzene rings is 1. The van der Waals surface area contributed by atoms with Crippen molar-refractivity contribution < 1.29 is 14.3 Å². The van der Waals surface area contributed by atoms with E-state index in [0.29, 0.717) is 24.8 Å². The van der Waals surface area contributed by atoms with Crippen molar-refractivity contribution in [2.24, 2.45) is 0 Å². The number of anilines is 2. The van der Waals surface area contributed by atoms with Gasteiger partial charge in [0.05, 0.1) is 13.2 Å². The zero-order valence-corrected chi connectivity index (χ0v) is 19.9. The number of carbonyl (C=O) groups is 1. The van der Waals surface area contributed by atoms with Gasteiger partial charge in [-0.2, -0.15) is 0 Å². The Morgan fingerprint density at radius 1 is 0.912 bits per heavy atom. The van der Waals surface area contributed by atoms with Crippen LogP contribution in [0.15, 0.2) is 36.4 Å². The first-order chi connectivity index (χ1) is 16.7. The SMILES string of the molecule is COc1ccc(C(=O)N2CCN(c3ccc(N4CCN(CC5CCCO5)CC4)nn3)CC2)cc1. The quantitative estimate of drug-likeness (QED) is 0.638. The summed E-state index contributed by atoms with van der Waals surface area (Å²) in [6, 6.07) is 11.4. The summed E-state index contributed by atoms with van der Waals surface area (Å²) in [7, 11) is 1.62. The van der Waals surface area contributed by atoms with E-state index in [2.05, 4.69) is 37.0 Å². The van der Waals surface area contributed by atoms with E-state index in [4.69, 9.17) is 9.47 Å². The molecular formula is C25H34N6O3. The van der Waals surface area contributed by atoms with E-state index < -0.39 is 0 Å². The Labute approximate surface area is 201 Å². The van der Waals surface area contributed by atoms with Gasteiger partial charge in [0.15, 0.2) is 11.6 Å². The summed E-state index contributed by atoms with van der Waals surface area (Å²) in [5, 5.41) is 9.03. The first kappa shape index (κ1) is 22.9. The van der Waals surface area contributed by atoms with Crippen molar-refractivity contribution in [2.75, 3.05) is 82.4 Å². The lowest BCUT2D eigenvalue weighted by molar-refractivity contribution is 0.0712. The highest BCUT2D eigenvalue weighted by molar-refractivity contribution is 5.94. The molecule has 182 valence electrons. The van der Waals surface area contributed by atoms with Crippen LogP contribution < -0.4 is 14.5 Å². The summed E-state index contributed by atoms with van der Waals surface area (Å²) >= 11 is 0. The molecule has 0 radical (unpaired) electrons. The predicted octanol–water partition coefficient (Wildman–Crippen LogP) is 1.75. The average molecular weight is 467 g/mol. The molecule has 34 heavy (non-hydrogen) atoms. The molecule has 0 bridgehead atoms. The van der Waals surface area contributed by atoms with E-state index in [1.165, 1.54) is 12.8 Å². The van der Waals surface area contributed by atoms with Gasteiger partial charge in [-0.05, 0) is 49.2 Å². The third-order valence-corrected chi connectivity index (χ3v) is 7.05. The topological polar surface area (TPSA) is 74.3 Å². The molecular weight excluding hydrogens is 432 g/mol. The van der Waals surface area contributed by atoms with Gasteiger partial charge < -0.3 is 24.2 Å². The number of piperazine rings is 2. The lowest BCUT2D eigenvalue weighted by atomic mass is 10.1. The molecule has 3 fully saturated rings. The fourth-order valence-electron chi connectivity index (χ4n) is 4.95. The van der Waals surface area contributed by atoms with Crippen LogP contribution in [0, 0.1) is 0 Å². The van der Waals surface area contributed by atoms with Crippen molar-refractivity contribution in [3.63, 3.8) is 0 Å². The van der Waals surface area contributed by atoms with E-state index in [1.54, 1.807) is 7.11 Å². The zero-order valence-electron chi connectivity index (χ0n) is 19.9. The predicted molar refractivity (Wildman–Crippen MR) is 131 cm³/mol. The molecule has 0 N–H and O–H groups in total. The number of methoxy groups -OCH3 is 1. The third-order valence-electron chi connectivity index (χ3n) is 7.05. The maximum absolute atomic E-state index is 12.8. The lowest BCUT2D eigenvalue weighted by Gasteiger charge is -2.37. The Bertz CT molecular complexity index is 932. The number of nitrogens with zero attached hydrogens (tertiary/aromatic N) is 6. The summed E-state index contributed by atoms with van der Waals surface area (Å²) in [6.45, 7) is 8.80. The second-order valence-electron chi connectivity index (χ2n) is 9.18. The number of carbonyl (C=O) groups excluding carboxylic acids is 1. The van der Waals surface area contributed by atoms with E-state index in [1.807, 2.05) is 29.2 Å². The minimum atomic E-state index is 0.0578. The molecule has 9 heteroatoms. The van der Waals surface area contributed by atoms with Gasteiger partial charge in [-0.3, -0.25) is 9.69 Å². The largest absolute Gasteiger partial charge is 0.497 e. The standard InChI is InChI=1S/C25H34N6O3/c1-33-21-6-4-20(5-7-21)25(32)31-16-14-30(15-17-31)24-9-8-23(26-27-24)29-12-10-28(11-13-29)19-22-3-2-18-34-22/h4-9,22H,2-3,10-19H2,1H3. The molecule has 9 nitrogen and oxygen atoms in total. The van der Waals surface area contributed by atoms with Gasteiger partial charge in [0.25, 0.3) is 5.91 Å². The van der Waals surface area contributed by atoms with Crippen LogP contribution in [0.25, 0.3) is 0 Å². The summed E-state index contributed by atoms with van der Waals surface area (Å²) in [5.74, 6) is 2.62. The Balaban J connectivity index is 1.10. The molecule has 1 amide bonds. The Hall–Kier alpha value is -2.91. The molecule has 1 atom stereocenters. The Morgan fingerprint density at radius 3 is 2.06 bits per heavy atom. The van der Waals surface area contributed by atoms with Crippen LogP contribution in [0.3, 0.4) is 0 Å². The zero-order chi connectivity index (χ0) is 23.3. The fourth-order valence-corrected chi connectivity index (χ4v) is 4.95. The first-order valence-corrected chi connectivity index (χ1v) is 12.3. The minimum absolute atomic E-state index is 0.0578. The van der Waals surface area contributed by atoms with E-state index in [-0.39, 0.29) is 5.91 Å². The van der Waals surface area contributed by atoms with Crippen molar-refractivity contribution in [3.8, 4) is 5.75 Å². The van der Waals surface area contributed by atoms with Crippen molar-refractivity contribution >= 4 is 17.5 Å². The van der Waals surface area contributed by atoms with Crippen molar-refractivity contribution in [2.45, 2.75) is 18.9 Å². The second-order valence-corrected chi connectivity index (χ2v) is 9.18. The first-order valence-electron chi connectivity index (χ1n) is 12.3. The van der Waals surface area contributed by atoms with Crippen molar-refractivity contribution in [1.29, 1.82) is 0 Å². The monoisotopic (exact) mass is 466 g/mol. The van der Waals surface area contributed by atoms with Gasteiger partial charge in [0, 0.05) is 71.1 Å². The molecule has 1 unspecified atom stereocenters. The van der Waals surface area contributed by atoms with Crippen LogP contribution in [0.4, 0.5) is 11.6 Å². The molecule has 1 aromatic heterocycles. The van der Waals surface area contributed by atoms with Crippen LogP contribution >= 0.6 is 0 Å². The number of ether oxygens (including phenoxy) is 2. The molecule has 5 rings (SSSR count). The highest BCUT2D eigenvalue weighted by atomic mass is 16.5. The van der Waals surface area contributed by atoms with E-state index in [0.717, 1.165) is 69.8 Å². The van der Waals surface area contributed by atoms with Gasteiger partial charge in [-0.15, -0.1) is 10.2 Å². The average Bonchev–Trinajstić information content (AvgIpc) is 3.42. The maximum atomic E-state index is 12.8. The van der Waals surface area contributed by atoms with Crippen LogP contribution in [-0.2, 0) is 4.74 Å². The van der Waals surface area contributed by atoms with Crippen LogP contribution in [0.5, 0.6) is 5.75 Å². The van der Waals surface area contributed by atoms with Crippen molar-refractivity contribution in [1.82, 2.24) is 20.0 Å². The van der Waals surface area contributed by atoms with Gasteiger partial charge in [0.2, 0.25) is 0 Å². The summed E-state index contributed by atoms with van der Waals surface area (Å²) in [4.78, 5) is 21.7. The van der Waals surface area contributed by atoms with E-state index >= 15 is 0 Å². The highest BCUT2D eigenvalue weighted by Crippen LogP contribution is 2.20. The number of hydrogen-bond acceptors (Lipinski definition) is 8. The smallest absolute Gasteiger partial charge is 0.253 e. The van der Waals surface area contributed by atoms with Gasteiger partial charge in [0.1, 0.15) is 5.75 Å². The van der Waals surface area contributed by atoms with Crippen LogP contribution in [0.1, 0.15) is 23.2 Å². The van der Waals surface area contributed by atoms with Crippen LogP contribution in [0.2, 0.25) is 0 Å². The molecule has 4 heterocycles. The maximum Gasteiger partial charge on any atom is 0.253 e. The molecule has 0 saturated carbocycles.